The van der Waals surface area contributed by atoms with Crippen molar-refractivity contribution >= 4 is 5.91 Å². The molecule has 0 aromatic carbocycles. The van der Waals surface area contributed by atoms with Crippen LogP contribution in [0.15, 0.2) is 35.4 Å². The second-order valence-electron chi connectivity index (χ2n) is 6.94. The van der Waals surface area contributed by atoms with Gasteiger partial charge in [0.15, 0.2) is 0 Å². The molecule has 144 valence electrons. The molecule has 1 saturated carbocycles. The van der Waals surface area contributed by atoms with Gasteiger partial charge in [-0.05, 0) is 55.9 Å². The number of methoxy groups -OCH3 is 1. The number of aliphatic hydroxyl groups is 1. The molecule has 0 spiro atoms. The number of nitrogens with one attached hydrogen (secondary N) is 1. The Kier molecular flexibility index (Phi) is 5.91. The van der Waals surface area contributed by atoms with E-state index in [1.54, 1.807) is 42.1 Å². The molecule has 2 N–H and O–H groups in total. The molecule has 27 heavy (non-hydrogen) atoms. The monoisotopic (exact) mass is 371 g/mol. The van der Waals surface area contributed by atoms with Crippen molar-refractivity contribution in [2.24, 2.45) is 0 Å². The Hall–Kier alpha value is -2.67. The Morgan fingerprint density at radius 3 is 2.78 bits per heavy atom. The molecule has 7 heteroatoms. The first-order valence-corrected chi connectivity index (χ1v) is 9.16. The quantitative estimate of drug-likeness (QED) is 0.838. The van der Waals surface area contributed by atoms with Gasteiger partial charge in [0.25, 0.3) is 11.5 Å². The normalized spacial score (nSPS) is 19.5. The third kappa shape index (κ3) is 4.36. The molecular weight excluding hydrogens is 346 g/mol. The molecule has 0 atom stereocenters. The predicted molar refractivity (Wildman–Crippen MR) is 101 cm³/mol. The van der Waals surface area contributed by atoms with Crippen LogP contribution >= 0.6 is 0 Å². The topological polar surface area (TPSA) is 93.5 Å². The average molecular weight is 371 g/mol. The van der Waals surface area contributed by atoms with E-state index in [4.69, 9.17) is 4.74 Å². The SMILES string of the molecule is COc1cc(CNC(=O)c2c(C)ccn(C3CCC(O)CC3)c2=O)ccn1. The number of carbonyl (C=O) groups excluding carboxylic acids is 1. The number of carbonyl (C=O) groups is 1. The number of rotatable bonds is 5. The number of nitrogens with zero attached hydrogens (tertiary/aromatic N) is 2. The van der Waals surface area contributed by atoms with Crippen molar-refractivity contribution in [2.45, 2.75) is 51.3 Å². The molecule has 2 heterocycles. The molecular formula is C20H25N3O4. The molecule has 7 nitrogen and oxygen atoms in total. The van der Waals surface area contributed by atoms with Gasteiger partial charge in [0.05, 0.1) is 13.2 Å². The van der Waals surface area contributed by atoms with Gasteiger partial charge < -0.3 is 19.7 Å². The van der Waals surface area contributed by atoms with Crippen LogP contribution in [0.5, 0.6) is 5.88 Å². The fraction of sp³-hybridized carbons (Fsp3) is 0.450. The highest BCUT2D eigenvalue weighted by atomic mass is 16.5. The van der Waals surface area contributed by atoms with E-state index in [1.165, 1.54) is 7.11 Å². The van der Waals surface area contributed by atoms with E-state index in [9.17, 15) is 14.7 Å². The van der Waals surface area contributed by atoms with Crippen LogP contribution in [0.2, 0.25) is 0 Å². The van der Waals surface area contributed by atoms with E-state index in [0.717, 1.165) is 18.4 Å². The minimum Gasteiger partial charge on any atom is -0.481 e. The van der Waals surface area contributed by atoms with E-state index in [0.29, 0.717) is 24.3 Å². The molecule has 0 aliphatic heterocycles. The summed E-state index contributed by atoms with van der Waals surface area (Å²) in [4.78, 5) is 29.7. The summed E-state index contributed by atoms with van der Waals surface area (Å²) >= 11 is 0. The highest BCUT2D eigenvalue weighted by Crippen LogP contribution is 2.27. The lowest BCUT2D eigenvalue weighted by molar-refractivity contribution is 0.0944. The molecule has 0 unspecified atom stereocenters. The smallest absolute Gasteiger partial charge is 0.263 e. The number of aromatic nitrogens is 2. The maximum atomic E-state index is 12.9. The minimum absolute atomic E-state index is 0.0255. The minimum atomic E-state index is -0.390. The van der Waals surface area contributed by atoms with Gasteiger partial charge in [0.2, 0.25) is 5.88 Å². The van der Waals surface area contributed by atoms with Crippen molar-refractivity contribution in [1.29, 1.82) is 0 Å². The number of hydrogen-bond acceptors (Lipinski definition) is 5. The van der Waals surface area contributed by atoms with Crippen LogP contribution < -0.4 is 15.6 Å². The number of hydrogen-bond donors (Lipinski definition) is 2. The van der Waals surface area contributed by atoms with Crippen molar-refractivity contribution in [1.82, 2.24) is 14.9 Å². The molecule has 1 fully saturated rings. The fourth-order valence-corrected chi connectivity index (χ4v) is 3.48. The summed E-state index contributed by atoms with van der Waals surface area (Å²) in [6.07, 6.45) is 5.91. The Morgan fingerprint density at radius 1 is 1.33 bits per heavy atom. The van der Waals surface area contributed by atoms with E-state index < -0.39 is 5.91 Å². The number of aliphatic hydroxyl groups excluding tert-OH is 1. The predicted octanol–water partition coefficient (Wildman–Crippen LogP) is 1.97. The number of amides is 1. The summed E-state index contributed by atoms with van der Waals surface area (Å²) in [6, 6.07) is 5.35. The fourth-order valence-electron chi connectivity index (χ4n) is 3.48. The maximum Gasteiger partial charge on any atom is 0.263 e. The molecule has 0 radical (unpaired) electrons. The highest BCUT2D eigenvalue weighted by Gasteiger charge is 2.24. The number of aryl methyl sites for hydroxylation is 1. The average Bonchev–Trinajstić information content (AvgIpc) is 2.67. The van der Waals surface area contributed by atoms with Crippen molar-refractivity contribution in [3.05, 3.63) is 57.6 Å². The number of pyridine rings is 2. The van der Waals surface area contributed by atoms with E-state index in [2.05, 4.69) is 10.3 Å². The van der Waals surface area contributed by atoms with Gasteiger partial charge in [-0.3, -0.25) is 9.59 Å². The lowest BCUT2D eigenvalue weighted by Crippen LogP contribution is -2.36. The second-order valence-corrected chi connectivity index (χ2v) is 6.94. The van der Waals surface area contributed by atoms with Crippen LogP contribution in [0.3, 0.4) is 0 Å². The largest absolute Gasteiger partial charge is 0.481 e. The first kappa shape index (κ1) is 19.1. The lowest BCUT2D eigenvalue weighted by atomic mass is 9.92. The van der Waals surface area contributed by atoms with Gasteiger partial charge in [0.1, 0.15) is 5.56 Å². The Bertz CT molecular complexity index is 870. The molecule has 1 aliphatic rings. The summed E-state index contributed by atoms with van der Waals surface area (Å²) in [5, 5.41) is 12.5. The Labute approximate surface area is 158 Å². The van der Waals surface area contributed by atoms with Gasteiger partial charge >= 0.3 is 0 Å². The van der Waals surface area contributed by atoms with Crippen LogP contribution in [-0.4, -0.2) is 33.8 Å². The molecule has 0 saturated heterocycles. The third-order valence-electron chi connectivity index (χ3n) is 5.08. The highest BCUT2D eigenvalue weighted by molar-refractivity contribution is 5.95. The van der Waals surface area contributed by atoms with Crippen molar-refractivity contribution in [3.63, 3.8) is 0 Å². The number of ether oxygens (including phenoxy) is 1. The second kappa shape index (κ2) is 8.35. The first-order valence-electron chi connectivity index (χ1n) is 9.16. The van der Waals surface area contributed by atoms with Crippen LogP contribution in [0.1, 0.15) is 53.2 Å². The zero-order chi connectivity index (χ0) is 19.4. The first-order chi connectivity index (χ1) is 13.0. The summed E-state index contributed by atoms with van der Waals surface area (Å²) in [7, 11) is 1.53. The Balaban J connectivity index is 1.77. The zero-order valence-electron chi connectivity index (χ0n) is 15.6. The van der Waals surface area contributed by atoms with Crippen LogP contribution in [-0.2, 0) is 6.54 Å². The van der Waals surface area contributed by atoms with Gasteiger partial charge in [-0.1, -0.05) is 0 Å². The van der Waals surface area contributed by atoms with Crippen LogP contribution in [0.4, 0.5) is 0 Å². The van der Waals surface area contributed by atoms with Gasteiger partial charge in [-0.2, -0.15) is 0 Å². The molecule has 3 rings (SSSR count). The summed E-state index contributed by atoms with van der Waals surface area (Å²) in [5.41, 5.74) is 1.38. The maximum absolute atomic E-state index is 12.9. The molecule has 2 aromatic heterocycles. The summed E-state index contributed by atoms with van der Waals surface area (Å²) < 4.78 is 6.72. The molecule has 2 aromatic rings. The van der Waals surface area contributed by atoms with Crippen molar-refractivity contribution in [3.8, 4) is 5.88 Å². The van der Waals surface area contributed by atoms with E-state index in [1.807, 2.05) is 0 Å². The van der Waals surface area contributed by atoms with E-state index in [-0.39, 0.29) is 29.8 Å². The van der Waals surface area contributed by atoms with Crippen LogP contribution in [0.25, 0.3) is 0 Å². The van der Waals surface area contributed by atoms with E-state index >= 15 is 0 Å². The molecule has 1 amide bonds. The molecule has 0 bridgehead atoms. The van der Waals surface area contributed by atoms with Gasteiger partial charge in [-0.15, -0.1) is 0 Å². The lowest BCUT2D eigenvalue weighted by Gasteiger charge is -2.27. The third-order valence-corrected chi connectivity index (χ3v) is 5.08. The van der Waals surface area contributed by atoms with Gasteiger partial charge in [0, 0.05) is 31.0 Å². The summed E-state index contributed by atoms with van der Waals surface area (Å²) in [5.74, 6) is 0.0814. The standard InChI is InChI=1S/C20H25N3O4/c1-13-8-10-23(15-3-5-16(24)6-4-15)20(26)18(13)19(25)22-12-14-7-9-21-17(11-14)27-2/h7-11,15-16,24H,3-6,12H2,1-2H3,(H,22,25). The summed E-state index contributed by atoms with van der Waals surface area (Å²) in [6.45, 7) is 2.04. The molecule has 1 aliphatic carbocycles. The van der Waals surface area contributed by atoms with Gasteiger partial charge in [-0.25, -0.2) is 4.98 Å². The van der Waals surface area contributed by atoms with Crippen LogP contribution in [0, 0.1) is 6.92 Å². The Morgan fingerprint density at radius 2 is 2.07 bits per heavy atom. The van der Waals surface area contributed by atoms with Crippen molar-refractivity contribution in [2.75, 3.05) is 7.11 Å². The zero-order valence-corrected chi connectivity index (χ0v) is 15.6. The van der Waals surface area contributed by atoms with Crippen molar-refractivity contribution < 1.29 is 14.6 Å².